The molecule has 0 aliphatic rings. The van der Waals surface area contributed by atoms with Crippen molar-refractivity contribution in [3.05, 3.63) is 65.9 Å². The summed E-state index contributed by atoms with van der Waals surface area (Å²) in [6.45, 7) is -1.09. The zero-order valence-corrected chi connectivity index (χ0v) is 24.4. The number of benzene rings is 2. The molecule has 0 aliphatic carbocycles. The number of phenolic OH excluding ortho intramolecular Hbond substituents is 1. The van der Waals surface area contributed by atoms with Gasteiger partial charge in [0, 0.05) is 23.5 Å². The van der Waals surface area contributed by atoms with Crippen LogP contribution < -0.4 is 27.0 Å². The Morgan fingerprint density at radius 2 is 1.56 bits per heavy atom. The van der Waals surface area contributed by atoms with Crippen LogP contribution in [0.1, 0.15) is 17.5 Å². The van der Waals surface area contributed by atoms with Crippen molar-refractivity contribution in [3.8, 4) is 5.75 Å². The number of aromatic hydroxyl groups is 1. The molecular formula is C29H36N6O7S. The third-order valence-electron chi connectivity index (χ3n) is 6.56. The summed E-state index contributed by atoms with van der Waals surface area (Å²) in [6, 6.07) is 10.6. The average Bonchev–Trinajstić information content (AvgIpc) is 3.39. The Hall–Kier alpha value is -4.56. The SMILES string of the molecule is CSCC[C@H](NC(=O)CNC(=O)[C@H](Cc1ccc(O)cc1)NC(=O)[C@@H](N)Cc1c[nH]c2ccccc12)C(=O)NCC(=O)O. The Morgan fingerprint density at radius 1 is 0.884 bits per heavy atom. The molecule has 0 bridgehead atoms. The van der Waals surface area contributed by atoms with Crippen molar-refractivity contribution in [2.24, 2.45) is 5.73 Å². The fraction of sp³-hybridized carbons (Fsp3) is 0.345. The van der Waals surface area contributed by atoms with Crippen LogP contribution in [0.3, 0.4) is 0 Å². The van der Waals surface area contributed by atoms with Gasteiger partial charge in [-0.2, -0.15) is 11.8 Å². The summed E-state index contributed by atoms with van der Waals surface area (Å²) in [7, 11) is 0. The third-order valence-corrected chi connectivity index (χ3v) is 7.20. The number of para-hydroxylation sites is 1. The van der Waals surface area contributed by atoms with E-state index >= 15 is 0 Å². The molecule has 14 heteroatoms. The van der Waals surface area contributed by atoms with Gasteiger partial charge in [0.25, 0.3) is 0 Å². The van der Waals surface area contributed by atoms with Gasteiger partial charge in [0.2, 0.25) is 23.6 Å². The Bertz CT molecular complexity index is 1430. The van der Waals surface area contributed by atoms with Crippen molar-refractivity contribution in [1.29, 1.82) is 0 Å². The smallest absolute Gasteiger partial charge is 0.322 e. The van der Waals surface area contributed by atoms with Crippen LogP contribution in [0.25, 0.3) is 10.9 Å². The number of thioether (sulfide) groups is 1. The van der Waals surface area contributed by atoms with Crippen LogP contribution in [0.5, 0.6) is 5.75 Å². The average molecular weight is 613 g/mol. The van der Waals surface area contributed by atoms with Crippen molar-refractivity contribution in [1.82, 2.24) is 26.3 Å². The summed E-state index contributed by atoms with van der Waals surface area (Å²) in [5.74, 6) is -3.22. The number of carbonyl (C=O) groups excluding carboxylic acids is 4. The van der Waals surface area contributed by atoms with E-state index in [4.69, 9.17) is 10.8 Å². The van der Waals surface area contributed by atoms with E-state index in [-0.39, 0.29) is 25.0 Å². The predicted molar refractivity (Wildman–Crippen MR) is 162 cm³/mol. The predicted octanol–water partition coefficient (Wildman–Crippen LogP) is 0.0257. The molecule has 0 saturated heterocycles. The van der Waals surface area contributed by atoms with Crippen LogP contribution in [-0.2, 0) is 36.8 Å². The number of H-pyrrole nitrogens is 1. The number of hydrogen-bond donors (Lipinski definition) is 8. The van der Waals surface area contributed by atoms with Crippen LogP contribution >= 0.6 is 11.8 Å². The molecule has 13 nitrogen and oxygen atoms in total. The van der Waals surface area contributed by atoms with Gasteiger partial charge in [-0.1, -0.05) is 30.3 Å². The first kappa shape index (κ1) is 32.9. The van der Waals surface area contributed by atoms with Gasteiger partial charge < -0.3 is 42.2 Å². The van der Waals surface area contributed by atoms with Crippen LogP contribution in [0.2, 0.25) is 0 Å². The number of amides is 4. The van der Waals surface area contributed by atoms with Crippen LogP contribution in [0.15, 0.2) is 54.7 Å². The number of nitrogens with one attached hydrogen (secondary N) is 5. The molecule has 4 amide bonds. The second kappa shape index (κ2) is 16.2. The van der Waals surface area contributed by atoms with E-state index in [0.717, 1.165) is 16.5 Å². The molecule has 3 rings (SSSR count). The summed E-state index contributed by atoms with van der Waals surface area (Å²) in [5, 5.41) is 29.3. The number of aliphatic carboxylic acids is 1. The van der Waals surface area contributed by atoms with Gasteiger partial charge >= 0.3 is 5.97 Å². The maximum Gasteiger partial charge on any atom is 0.322 e. The molecule has 2 aromatic carbocycles. The Balaban J connectivity index is 1.65. The number of carboxylic acids is 1. The number of rotatable bonds is 16. The van der Waals surface area contributed by atoms with Crippen molar-refractivity contribution >= 4 is 52.3 Å². The molecule has 0 fully saturated rings. The van der Waals surface area contributed by atoms with E-state index in [1.807, 2.05) is 30.5 Å². The molecule has 0 radical (unpaired) electrons. The van der Waals surface area contributed by atoms with E-state index in [2.05, 4.69) is 26.3 Å². The second-order valence-corrected chi connectivity index (χ2v) is 10.8. The number of aromatic amines is 1. The highest BCUT2D eigenvalue weighted by Crippen LogP contribution is 2.19. The summed E-state index contributed by atoms with van der Waals surface area (Å²) in [5.41, 5.74) is 8.61. The Labute approximate surface area is 252 Å². The van der Waals surface area contributed by atoms with Crippen molar-refractivity contribution in [2.75, 3.05) is 25.1 Å². The lowest BCUT2D eigenvalue weighted by Crippen LogP contribution is -2.55. The van der Waals surface area contributed by atoms with E-state index in [1.165, 1.54) is 23.9 Å². The topological polar surface area (TPSA) is 216 Å². The molecule has 43 heavy (non-hydrogen) atoms. The van der Waals surface area contributed by atoms with Gasteiger partial charge in [0.05, 0.1) is 12.6 Å². The third kappa shape index (κ3) is 10.3. The first-order valence-corrected chi connectivity index (χ1v) is 14.9. The maximum atomic E-state index is 13.2. The Morgan fingerprint density at radius 3 is 2.26 bits per heavy atom. The van der Waals surface area contributed by atoms with Gasteiger partial charge in [-0.25, -0.2) is 0 Å². The summed E-state index contributed by atoms with van der Waals surface area (Å²) < 4.78 is 0. The summed E-state index contributed by atoms with van der Waals surface area (Å²) in [4.78, 5) is 65.2. The molecule has 1 heterocycles. The standard InChI is InChI=1S/C29H36N6O7S/c1-43-11-10-23(28(41)33-16-26(38)39)34-25(37)15-32-29(42)24(12-17-6-8-19(36)9-7-17)35-27(40)21(30)13-18-14-31-22-5-3-2-4-20(18)22/h2-9,14,21,23-24,31,36H,10-13,15-16,30H2,1H3,(H,32,42)(H,33,41)(H,34,37)(H,35,40)(H,38,39)/t21-,23-,24-/m0/s1. The monoisotopic (exact) mass is 612 g/mol. The van der Waals surface area contributed by atoms with Crippen LogP contribution in [-0.4, -0.2) is 88.0 Å². The Kier molecular flexibility index (Phi) is 12.4. The number of carboxylic acid groups (broad SMARTS) is 1. The fourth-order valence-electron chi connectivity index (χ4n) is 4.31. The molecule has 230 valence electrons. The lowest BCUT2D eigenvalue weighted by molar-refractivity contribution is -0.138. The van der Waals surface area contributed by atoms with Gasteiger partial charge in [0.1, 0.15) is 24.4 Å². The number of carbonyl (C=O) groups is 5. The molecule has 0 unspecified atom stereocenters. The maximum absolute atomic E-state index is 13.2. The number of aromatic nitrogens is 1. The molecule has 0 spiro atoms. The molecular weight excluding hydrogens is 576 g/mol. The highest BCUT2D eigenvalue weighted by Gasteiger charge is 2.26. The van der Waals surface area contributed by atoms with E-state index in [0.29, 0.717) is 11.3 Å². The number of hydrogen-bond acceptors (Lipinski definition) is 8. The van der Waals surface area contributed by atoms with E-state index < -0.39 is 60.8 Å². The first-order valence-electron chi connectivity index (χ1n) is 13.5. The minimum absolute atomic E-state index is 0.0367. The van der Waals surface area contributed by atoms with Crippen LogP contribution in [0.4, 0.5) is 0 Å². The van der Waals surface area contributed by atoms with Gasteiger partial charge in [-0.3, -0.25) is 24.0 Å². The number of phenols is 1. The normalized spacial score (nSPS) is 13.0. The quantitative estimate of drug-likeness (QED) is 0.109. The highest BCUT2D eigenvalue weighted by molar-refractivity contribution is 7.98. The molecule has 1 aromatic heterocycles. The van der Waals surface area contributed by atoms with Gasteiger partial charge in [0.15, 0.2) is 0 Å². The molecule has 3 aromatic rings. The molecule has 3 atom stereocenters. The largest absolute Gasteiger partial charge is 0.508 e. The van der Waals surface area contributed by atoms with Gasteiger partial charge in [-0.15, -0.1) is 0 Å². The van der Waals surface area contributed by atoms with E-state index in [1.54, 1.807) is 18.3 Å². The lowest BCUT2D eigenvalue weighted by Gasteiger charge is -2.22. The minimum atomic E-state index is -1.22. The summed E-state index contributed by atoms with van der Waals surface area (Å²) in [6.07, 6.45) is 4.12. The van der Waals surface area contributed by atoms with E-state index in [9.17, 15) is 29.1 Å². The zero-order chi connectivity index (χ0) is 31.4. The molecule has 9 N–H and O–H groups in total. The molecule has 0 saturated carbocycles. The second-order valence-electron chi connectivity index (χ2n) is 9.83. The van der Waals surface area contributed by atoms with Crippen LogP contribution in [0, 0.1) is 0 Å². The zero-order valence-electron chi connectivity index (χ0n) is 23.6. The fourth-order valence-corrected chi connectivity index (χ4v) is 4.78. The number of fused-ring (bicyclic) bond motifs is 1. The first-order chi connectivity index (χ1) is 20.6. The van der Waals surface area contributed by atoms with Crippen molar-refractivity contribution in [2.45, 2.75) is 37.4 Å². The van der Waals surface area contributed by atoms with Crippen molar-refractivity contribution < 1.29 is 34.2 Å². The highest BCUT2D eigenvalue weighted by atomic mass is 32.2. The minimum Gasteiger partial charge on any atom is -0.508 e. The molecule has 0 aliphatic heterocycles. The van der Waals surface area contributed by atoms with Crippen molar-refractivity contribution in [3.63, 3.8) is 0 Å². The summed E-state index contributed by atoms with van der Waals surface area (Å²) >= 11 is 1.45. The number of nitrogens with two attached hydrogens (primary N) is 1. The lowest BCUT2D eigenvalue weighted by atomic mass is 10.0. The van der Waals surface area contributed by atoms with Gasteiger partial charge in [-0.05, 0) is 54.2 Å².